The number of anilines is 4. The van der Waals surface area contributed by atoms with Gasteiger partial charge >= 0.3 is 0 Å². The van der Waals surface area contributed by atoms with E-state index in [4.69, 9.17) is 0 Å². The van der Waals surface area contributed by atoms with Crippen LogP contribution in [0, 0.1) is 0 Å². The standard InChI is InChI=1S/2C8H8N2O/c2*11-8-5-9-6-3-1-2-4-7(6)10-8/h2*1-4,9H,5H2,(H,10,11). The topological polar surface area (TPSA) is 82.3 Å². The van der Waals surface area contributed by atoms with Crippen LogP contribution in [0.4, 0.5) is 22.7 Å². The lowest BCUT2D eigenvalue weighted by molar-refractivity contribution is -0.115. The van der Waals surface area contributed by atoms with Crippen molar-refractivity contribution >= 4 is 34.6 Å². The molecule has 22 heavy (non-hydrogen) atoms. The molecule has 2 heterocycles. The minimum Gasteiger partial charge on any atom is -0.374 e. The second kappa shape index (κ2) is 6.17. The molecular formula is C16H16N4O2. The van der Waals surface area contributed by atoms with Gasteiger partial charge in [-0.3, -0.25) is 9.59 Å². The van der Waals surface area contributed by atoms with E-state index in [1.807, 2.05) is 48.5 Å². The zero-order chi connectivity index (χ0) is 15.4. The van der Waals surface area contributed by atoms with Crippen molar-refractivity contribution in [3.63, 3.8) is 0 Å². The molecule has 0 radical (unpaired) electrons. The molecule has 0 aromatic heterocycles. The summed E-state index contributed by atoms with van der Waals surface area (Å²) in [6.07, 6.45) is 0. The number of amides is 2. The van der Waals surface area contributed by atoms with Crippen LogP contribution in [0.1, 0.15) is 0 Å². The lowest BCUT2D eigenvalue weighted by atomic mass is 10.2. The number of rotatable bonds is 0. The lowest BCUT2D eigenvalue weighted by Crippen LogP contribution is -2.27. The molecule has 6 nitrogen and oxygen atoms in total. The predicted molar refractivity (Wildman–Crippen MR) is 87.1 cm³/mol. The molecular weight excluding hydrogens is 280 g/mol. The molecule has 0 bridgehead atoms. The molecule has 2 aromatic rings. The van der Waals surface area contributed by atoms with E-state index in [2.05, 4.69) is 21.3 Å². The van der Waals surface area contributed by atoms with Crippen LogP contribution in [0.25, 0.3) is 0 Å². The Balaban J connectivity index is 0.000000131. The van der Waals surface area contributed by atoms with Crippen LogP contribution < -0.4 is 21.3 Å². The molecule has 0 atom stereocenters. The first-order valence-corrected chi connectivity index (χ1v) is 6.98. The largest absolute Gasteiger partial charge is 0.374 e. The maximum Gasteiger partial charge on any atom is 0.243 e. The fourth-order valence-corrected chi connectivity index (χ4v) is 2.23. The van der Waals surface area contributed by atoms with Crippen molar-refractivity contribution in [3.05, 3.63) is 48.5 Å². The Morgan fingerprint density at radius 1 is 0.591 bits per heavy atom. The maximum absolute atomic E-state index is 10.9. The Labute approximate surface area is 127 Å². The average Bonchev–Trinajstić information content (AvgIpc) is 2.55. The van der Waals surface area contributed by atoms with E-state index in [0.717, 1.165) is 22.7 Å². The van der Waals surface area contributed by atoms with Gasteiger partial charge in [0.25, 0.3) is 0 Å². The van der Waals surface area contributed by atoms with Gasteiger partial charge in [0.1, 0.15) is 0 Å². The zero-order valence-electron chi connectivity index (χ0n) is 11.8. The summed E-state index contributed by atoms with van der Waals surface area (Å²) in [6, 6.07) is 15.3. The van der Waals surface area contributed by atoms with Crippen molar-refractivity contribution in [1.82, 2.24) is 0 Å². The van der Waals surface area contributed by atoms with Crippen molar-refractivity contribution in [2.45, 2.75) is 0 Å². The van der Waals surface area contributed by atoms with Crippen molar-refractivity contribution in [1.29, 1.82) is 0 Å². The highest BCUT2D eigenvalue weighted by atomic mass is 16.2. The Hall–Kier alpha value is -3.02. The smallest absolute Gasteiger partial charge is 0.243 e. The van der Waals surface area contributed by atoms with E-state index >= 15 is 0 Å². The molecule has 6 heteroatoms. The maximum atomic E-state index is 10.9. The second-order valence-electron chi connectivity index (χ2n) is 4.89. The molecule has 0 saturated carbocycles. The van der Waals surface area contributed by atoms with Crippen LogP contribution in [0.15, 0.2) is 48.5 Å². The third kappa shape index (κ3) is 3.17. The molecule has 2 aromatic carbocycles. The molecule has 2 aliphatic heterocycles. The van der Waals surface area contributed by atoms with E-state index in [-0.39, 0.29) is 11.8 Å². The summed E-state index contributed by atoms with van der Waals surface area (Å²) in [5.41, 5.74) is 3.71. The van der Waals surface area contributed by atoms with E-state index in [9.17, 15) is 9.59 Å². The minimum atomic E-state index is 0.0173. The van der Waals surface area contributed by atoms with Gasteiger partial charge in [-0.05, 0) is 24.3 Å². The van der Waals surface area contributed by atoms with Crippen LogP contribution in [-0.4, -0.2) is 24.9 Å². The first kappa shape index (κ1) is 13.9. The molecule has 4 N–H and O–H groups in total. The molecule has 0 fully saturated rings. The summed E-state index contributed by atoms with van der Waals surface area (Å²) in [6.45, 7) is 0.744. The molecule has 0 unspecified atom stereocenters. The number of fused-ring (bicyclic) bond motifs is 2. The van der Waals surface area contributed by atoms with E-state index < -0.39 is 0 Å². The lowest BCUT2D eigenvalue weighted by Gasteiger charge is -2.17. The molecule has 4 rings (SSSR count). The predicted octanol–water partition coefficient (Wildman–Crippen LogP) is 2.10. The minimum absolute atomic E-state index is 0.0173. The Kier molecular flexibility index (Phi) is 3.91. The molecule has 0 spiro atoms. The van der Waals surface area contributed by atoms with E-state index in [1.165, 1.54) is 0 Å². The Morgan fingerprint density at radius 3 is 1.36 bits per heavy atom. The first-order chi connectivity index (χ1) is 10.7. The summed E-state index contributed by atoms with van der Waals surface area (Å²) in [7, 11) is 0. The summed E-state index contributed by atoms with van der Waals surface area (Å²) in [5, 5.41) is 11.5. The molecule has 0 saturated heterocycles. The number of para-hydroxylation sites is 4. The quantitative estimate of drug-likeness (QED) is 0.600. The van der Waals surface area contributed by atoms with E-state index in [0.29, 0.717) is 13.1 Å². The van der Waals surface area contributed by atoms with Gasteiger partial charge in [-0.25, -0.2) is 0 Å². The number of carbonyl (C=O) groups excluding carboxylic acids is 2. The first-order valence-electron chi connectivity index (χ1n) is 6.98. The number of hydrogen-bond acceptors (Lipinski definition) is 4. The Morgan fingerprint density at radius 2 is 0.955 bits per heavy atom. The SMILES string of the molecule is O=C1CNc2ccccc2N1.O=C1CNc2ccccc2N1. The van der Waals surface area contributed by atoms with Crippen molar-refractivity contribution in [3.8, 4) is 0 Å². The second-order valence-corrected chi connectivity index (χ2v) is 4.89. The third-order valence-corrected chi connectivity index (χ3v) is 3.28. The van der Waals surface area contributed by atoms with Crippen molar-refractivity contribution in [2.24, 2.45) is 0 Å². The van der Waals surface area contributed by atoms with Gasteiger partial charge in [0.05, 0.1) is 35.8 Å². The molecule has 112 valence electrons. The van der Waals surface area contributed by atoms with Crippen LogP contribution >= 0.6 is 0 Å². The highest BCUT2D eigenvalue weighted by Gasteiger charge is 2.12. The van der Waals surface area contributed by atoms with Gasteiger partial charge in [0, 0.05) is 0 Å². The number of nitrogens with one attached hydrogen (secondary N) is 4. The van der Waals surface area contributed by atoms with Gasteiger partial charge in [-0.1, -0.05) is 24.3 Å². The fraction of sp³-hybridized carbons (Fsp3) is 0.125. The molecule has 0 aliphatic carbocycles. The number of benzene rings is 2. The van der Waals surface area contributed by atoms with Crippen molar-refractivity contribution in [2.75, 3.05) is 34.4 Å². The van der Waals surface area contributed by atoms with Crippen molar-refractivity contribution < 1.29 is 9.59 Å². The summed E-state index contributed by atoms with van der Waals surface area (Å²) < 4.78 is 0. The van der Waals surface area contributed by atoms with E-state index in [1.54, 1.807) is 0 Å². The van der Waals surface area contributed by atoms with Crippen LogP contribution in [-0.2, 0) is 9.59 Å². The number of hydrogen-bond donors (Lipinski definition) is 4. The third-order valence-electron chi connectivity index (χ3n) is 3.28. The van der Waals surface area contributed by atoms with Gasteiger partial charge in [-0.2, -0.15) is 0 Å². The van der Waals surface area contributed by atoms with Gasteiger partial charge in [0.15, 0.2) is 0 Å². The van der Waals surface area contributed by atoms with Gasteiger partial charge < -0.3 is 21.3 Å². The van der Waals surface area contributed by atoms with Gasteiger partial charge in [0.2, 0.25) is 11.8 Å². The zero-order valence-corrected chi connectivity index (χ0v) is 11.8. The highest BCUT2D eigenvalue weighted by molar-refractivity contribution is 6.01. The van der Waals surface area contributed by atoms with Crippen LogP contribution in [0.5, 0.6) is 0 Å². The fourth-order valence-electron chi connectivity index (χ4n) is 2.23. The monoisotopic (exact) mass is 296 g/mol. The van der Waals surface area contributed by atoms with Gasteiger partial charge in [-0.15, -0.1) is 0 Å². The van der Waals surface area contributed by atoms with Crippen LogP contribution in [0.3, 0.4) is 0 Å². The summed E-state index contributed by atoms with van der Waals surface area (Å²) >= 11 is 0. The van der Waals surface area contributed by atoms with Crippen LogP contribution in [0.2, 0.25) is 0 Å². The molecule has 2 aliphatic rings. The highest BCUT2D eigenvalue weighted by Crippen LogP contribution is 2.23. The summed E-state index contributed by atoms with van der Waals surface area (Å²) in [4.78, 5) is 21.7. The number of carbonyl (C=O) groups is 2. The summed E-state index contributed by atoms with van der Waals surface area (Å²) in [5.74, 6) is 0.0346. The normalized spacial score (nSPS) is 14.7. The average molecular weight is 296 g/mol. The Bertz CT molecular complexity index is 653. The molecule has 2 amide bonds.